The normalized spacial score (nSPS) is 18.4. The number of carbonyl (C=O) groups is 3. The highest BCUT2D eigenvalue weighted by molar-refractivity contribution is 6.31. The van der Waals surface area contributed by atoms with Crippen LogP contribution in [0.1, 0.15) is 36.5 Å². The zero-order valence-corrected chi connectivity index (χ0v) is 18.8. The molecule has 0 saturated heterocycles. The molecule has 0 fully saturated rings. The van der Waals surface area contributed by atoms with Crippen molar-refractivity contribution in [2.24, 2.45) is 0 Å². The van der Waals surface area contributed by atoms with Gasteiger partial charge in [0.05, 0.1) is 24.5 Å². The molecule has 3 rings (SSSR count). The van der Waals surface area contributed by atoms with Crippen molar-refractivity contribution in [3.05, 3.63) is 47.5 Å². The van der Waals surface area contributed by atoms with E-state index in [9.17, 15) is 14.4 Å². The van der Waals surface area contributed by atoms with Crippen molar-refractivity contribution >= 4 is 29.3 Å². The summed E-state index contributed by atoms with van der Waals surface area (Å²) in [7, 11) is 0. The Hall–Kier alpha value is -3.07. The topological polar surface area (TPSA) is 106 Å². The lowest BCUT2D eigenvalue weighted by Gasteiger charge is -2.23. The number of carbonyl (C=O) groups excluding carboxylic acids is 3. The molecule has 9 nitrogen and oxygen atoms in total. The molecule has 2 heterocycles. The van der Waals surface area contributed by atoms with E-state index in [2.05, 4.69) is 15.6 Å². The number of nitrogens with zero attached hydrogens (tertiary/aromatic N) is 3. The number of hydrogen-bond acceptors (Lipinski definition) is 5. The third-order valence-electron chi connectivity index (χ3n) is 5.05. The average molecular weight is 462 g/mol. The molecule has 1 aliphatic rings. The second kappa shape index (κ2) is 11.5. The second-order valence-electron chi connectivity index (χ2n) is 7.75. The first-order chi connectivity index (χ1) is 15.4. The van der Waals surface area contributed by atoms with E-state index in [1.807, 2.05) is 4.57 Å². The zero-order chi connectivity index (χ0) is 22.9. The Labute approximate surface area is 192 Å². The van der Waals surface area contributed by atoms with Gasteiger partial charge in [-0.25, -0.2) is 4.98 Å². The van der Waals surface area contributed by atoms with Gasteiger partial charge in [-0.3, -0.25) is 14.4 Å². The van der Waals surface area contributed by atoms with E-state index in [0.717, 1.165) is 0 Å². The van der Waals surface area contributed by atoms with E-state index in [-0.39, 0.29) is 43.3 Å². The van der Waals surface area contributed by atoms with Gasteiger partial charge in [0.15, 0.2) is 0 Å². The predicted molar refractivity (Wildman–Crippen MR) is 120 cm³/mol. The van der Waals surface area contributed by atoms with Crippen molar-refractivity contribution in [1.82, 2.24) is 25.1 Å². The first kappa shape index (κ1) is 23.6. The molecule has 10 heteroatoms. The molecule has 0 unspecified atom stereocenters. The smallest absolute Gasteiger partial charge is 0.255 e. The van der Waals surface area contributed by atoms with E-state index < -0.39 is 0 Å². The van der Waals surface area contributed by atoms with Gasteiger partial charge in [-0.05, 0) is 38.0 Å². The Morgan fingerprint density at radius 2 is 2.16 bits per heavy atom. The van der Waals surface area contributed by atoms with Crippen molar-refractivity contribution < 1.29 is 19.1 Å². The molecule has 1 aliphatic heterocycles. The molecule has 32 heavy (non-hydrogen) atoms. The molecule has 0 aliphatic carbocycles. The summed E-state index contributed by atoms with van der Waals surface area (Å²) >= 11 is 6.05. The van der Waals surface area contributed by atoms with Crippen LogP contribution in [-0.4, -0.2) is 64.5 Å². The van der Waals surface area contributed by atoms with Gasteiger partial charge in [0.2, 0.25) is 11.8 Å². The van der Waals surface area contributed by atoms with Gasteiger partial charge in [-0.15, -0.1) is 0 Å². The Morgan fingerprint density at radius 3 is 2.94 bits per heavy atom. The zero-order valence-electron chi connectivity index (χ0n) is 18.1. The van der Waals surface area contributed by atoms with Crippen LogP contribution in [0.25, 0.3) is 0 Å². The Morgan fingerprint density at radius 1 is 1.31 bits per heavy atom. The Kier molecular flexibility index (Phi) is 8.49. The standard InChI is InChI=1S/C22H28ClN5O4/c1-16-14-32-19-5-4-17(23)12-18(19)22(31)25-7-2-3-9-28(13-20(29)26-16)21(30)6-10-27-11-8-24-15-27/h4-5,8,11-12,15-16H,2-3,6-7,9-10,13-14H2,1H3,(H,25,31)(H,26,29)/t16-/m1/s1. The molecular weight excluding hydrogens is 434 g/mol. The molecule has 0 spiro atoms. The highest BCUT2D eigenvalue weighted by atomic mass is 35.5. The molecular formula is C22H28ClN5O4. The van der Waals surface area contributed by atoms with Crippen LogP contribution in [-0.2, 0) is 16.1 Å². The van der Waals surface area contributed by atoms with Crippen LogP contribution in [0.2, 0.25) is 5.02 Å². The number of imidazole rings is 1. The van der Waals surface area contributed by atoms with Crippen LogP contribution in [0.4, 0.5) is 0 Å². The number of hydrogen-bond donors (Lipinski definition) is 2. The minimum atomic E-state index is -0.317. The van der Waals surface area contributed by atoms with Gasteiger partial charge >= 0.3 is 0 Å². The molecule has 172 valence electrons. The fourth-order valence-electron chi connectivity index (χ4n) is 3.37. The van der Waals surface area contributed by atoms with Crippen molar-refractivity contribution in [3.8, 4) is 5.75 Å². The summed E-state index contributed by atoms with van der Waals surface area (Å²) in [6, 6.07) is 4.54. The van der Waals surface area contributed by atoms with Gasteiger partial charge in [-0.2, -0.15) is 0 Å². The number of aromatic nitrogens is 2. The van der Waals surface area contributed by atoms with Crippen molar-refractivity contribution in [3.63, 3.8) is 0 Å². The van der Waals surface area contributed by atoms with Crippen molar-refractivity contribution in [2.75, 3.05) is 26.2 Å². The molecule has 1 atom stereocenters. The molecule has 0 saturated carbocycles. The number of nitrogens with one attached hydrogen (secondary N) is 2. The monoisotopic (exact) mass is 461 g/mol. The highest BCUT2D eigenvalue weighted by Crippen LogP contribution is 2.23. The van der Waals surface area contributed by atoms with E-state index in [1.165, 1.54) is 0 Å². The van der Waals surface area contributed by atoms with Crippen LogP contribution in [0, 0.1) is 0 Å². The van der Waals surface area contributed by atoms with Crippen LogP contribution in [0.15, 0.2) is 36.9 Å². The summed E-state index contributed by atoms with van der Waals surface area (Å²) in [4.78, 5) is 43.5. The molecule has 0 bridgehead atoms. The predicted octanol–water partition coefficient (Wildman–Crippen LogP) is 1.86. The fourth-order valence-corrected chi connectivity index (χ4v) is 3.55. The van der Waals surface area contributed by atoms with Gasteiger partial charge in [0.25, 0.3) is 5.91 Å². The molecule has 0 radical (unpaired) electrons. The summed E-state index contributed by atoms with van der Waals surface area (Å²) in [5, 5.41) is 6.16. The molecule has 2 N–H and O–H groups in total. The largest absolute Gasteiger partial charge is 0.491 e. The number of amides is 3. The van der Waals surface area contributed by atoms with E-state index in [0.29, 0.717) is 48.8 Å². The molecule has 1 aromatic heterocycles. The summed E-state index contributed by atoms with van der Waals surface area (Å²) < 4.78 is 7.60. The average Bonchev–Trinajstić information content (AvgIpc) is 3.28. The third kappa shape index (κ3) is 6.98. The van der Waals surface area contributed by atoms with Crippen LogP contribution < -0.4 is 15.4 Å². The summed E-state index contributed by atoms with van der Waals surface area (Å²) in [6.07, 6.45) is 6.69. The lowest BCUT2D eigenvalue weighted by atomic mass is 10.2. The lowest BCUT2D eigenvalue weighted by Crippen LogP contribution is -2.45. The number of ether oxygens (including phenoxy) is 1. The SMILES string of the molecule is C[C@@H]1COc2ccc(Cl)cc2C(=O)NCCCCN(C(=O)CCn2ccnc2)CC(=O)N1. The third-order valence-corrected chi connectivity index (χ3v) is 5.29. The number of aryl methyl sites for hydroxylation is 1. The maximum Gasteiger partial charge on any atom is 0.255 e. The summed E-state index contributed by atoms with van der Waals surface area (Å²) in [5.41, 5.74) is 0.349. The fraction of sp³-hybridized carbons (Fsp3) is 0.455. The van der Waals surface area contributed by atoms with Gasteiger partial charge in [0.1, 0.15) is 12.4 Å². The van der Waals surface area contributed by atoms with Crippen LogP contribution >= 0.6 is 11.6 Å². The van der Waals surface area contributed by atoms with E-state index in [1.54, 1.807) is 48.7 Å². The van der Waals surface area contributed by atoms with Crippen LogP contribution in [0.3, 0.4) is 0 Å². The van der Waals surface area contributed by atoms with Gasteiger partial charge in [0, 0.05) is 43.5 Å². The summed E-state index contributed by atoms with van der Waals surface area (Å²) in [6.45, 7) is 3.31. The number of rotatable bonds is 3. The molecule has 3 amide bonds. The minimum Gasteiger partial charge on any atom is -0.491 e. The Balaban J connectivity index is 1.66. The number of halogens is 1. The second-order valence-corrected chi connectivity index (χ2v) is 8.19. The van der Waals surface area contributed by atoms with Gasteiger partial charge < -0.3 is 24.8 Å². The quantitative estimate of drug-likeness (QED) is 0.725. The lowest BCUT2D eigenvalue weighted by molar-refractivity contribution is -0.136. The van der Waals surface area contributed by atoms with Gasteiger partial charge in [-0.1, -0.05) is 11.6 Å². The Bertz CT molecular complexity index is 934. The first-order valence-electron chi connectivity index (χ1n) is 10.7. The summed E-state index contributed by atoms with van der Waals surface area (Å²) in [5.74, 6) is -0.230. The highest BCUT2D eigenvalue weighted by Gasteiger charge is 2.20. The minimum absolute atomic E-state index is 0.0222. The number of benzene rings is 1. The molecule has 1 aromatic carbocycles. The van der Waals surface area contributed by atoms with Crippen LogP contribution in [0.5, 0.6) is 5.75 Å². The first-order valence-corrected chi connectivity index (χ1v) is 11.0. The van der Waals surface area contributed by atoms with Crippen molar-refractivity contribution in [2.45, 2.75) is 38.8 Å². The maximum absolute atomic E-state index is 12.8. The van der Waals surface area contributed by atoms with E-state index >= 15 is 0 Å². The van der Waals surface area contributed by atoms with Crippen molar-refractivity contribution in [1.29, 1.82) is 0 Å². The maximum atomic E-state index is 12.8. The van der Waals surface area contributed by atoms with E-state index in [4.69, 9.17) is 16.3 Å². The molecule has 2 aromatic rings. The number of fused-ring (bicyclic) bond motifs is 1.